The molecule has 3 fully saturated rings. The van der Waals surface area contributed by atoms with Crippen LogP contribution in [0.2, 0.25) is 10.0 Å². The normalized spacial score (nSPS) is 21.0. The zero-order valence-electron chi connectivity index (χ0n) is 22.8. The third-order valence-electron chi connectivity index (χ3n) is 7.66. The number of aliphatic imine (C=N–C) groups is 1. The summed E-state index contributed by atoms with van der Waals surface area (Å²) in [6.07, 6.45) is 13.6. The molecule has 0 spiro atoms. The van der Waals surface area contributed by atoms with E-state index >= 15 is 0 Å². The molecule has 2 aromatic carbocycles. The number of benzene rings is 2. The molecule has 0 atom stereocenters. The van der Waals surface area contributed by atoms with Gasteiger partial charge in [0.1, 0.15) is 6.61 Å². The van der Waals surface area contributed by atoms with Crippen molar-refractivity contribution in [1.29, 1.82) is 0 Å². The van der Waals surface area contributed by atoms with Crippen LogP contribution in [0.25, 0.3) is 6.08 Å². The summed E-state index contributed by atoms with van der Waals surface area (Å²) in [7, 11) is 0. The van der Waals surface area contributed by atoms with E-state index in [1.54, 1.807) is 12.1 Å². The molecule has 214 valence electrons. The van der Waals surface area contributed by atoms with E-state index in [0.29, 0.717) is 39.1 Å². The third-order valence-corrected chi connectivity index (χ3v) is 9.83. The van der Waals surface area contributed by atoms with Crippen LogP contribution in [0.15, 0.2) is 44.7 Å². The second-order valence-corrected chi connectivity index (χ2v) is 13.3. The van der Waals surface area contributed by atoms with Crippen LogP contribution in [-0.4, -0.2) is 34.7 Å². The van der Waals surface area contributed by atoms with Crippen LogP contribution < -0.4 is 9.47 Å². The molecule has 3 aliphatic rings. The van der Waals surface area contributed by atoms with Gasteiger partial charge in [0, 0.05) is 21.7 Å². The van der Waals surface area contributed by atoms with E-state index in [-0.39, 0.29) is 18.6 Å². The smallest absolute Gasteiger partial charge is 0.266 e. The second-order valence-electron chi connectivity index (χ2n) is 10.6. The summed E-state index contributed by atoms with van der Waals surface area (Å²) in [5.74, 6) is 1.26. The lowest BCUT2D eigenvalue weighted by atomic mass is 9.94. The largest absolute Gasteiger partial charge is 0.490 e. The highest BCUT2D eigenvalue weighted by Gasteiger charge is 2.39. The van der Waals surface area contributed by atoms with Gasteiger partial charge in [0.05, 0.1) is 22.0 Å². The van der Waals surface area contributed by atoms with Gasteiger partial charge in [0.15, 0.2) is 16.7 Å². The Kier molecular flexibility index (Phi) is 10.4. The Morgan fingerprint density at radius 1 is 1.02 bits per heavy atom. The first kappa shape index (κ1) is 29.8. The van der Waals surface area contributed by atoms with E-state index in [0.717, 1.165) is 46.5 Å². The molecule has 0 bridgehead atoms. The summed E-state index contributed by atoms with van der Waals surface area (Å²) in [6, 6.07) is 9.79. The van der Waals surface area contributed by atoms with Gasteiger partial charge in [0.2, 0.25) is 0 Å². The van der Waals surface area contributed by atoms with Crippen molar-refractivity contribution >= 4 is 68.0 Å². The maximum Gasteiger partial charge on any atom is 0.266 e. The predicted molar refractivity (Wildman–Crippen MR) is 170 cm³/mol. The molecule has 2 aliphatic carbocycles. The molecule has 0 N–H and O–H groups in total. The lowest BCUT2D eigenvalue weighted by Gasteiger charge is -2.31. The minimum atomic E-state index is 0.0678. The summed E-state index contributed by atoms with van der Waals surface area (Å²) < 4.78 is 12.9. The average molecular weight is 667 g/mol. The molecule has 1 aliphatic heterocycles. The fourth-order valence-electron chi connectivity index (χ4n) is 5.62. The standard InChI is InChI=1S/C31H35BrCl2N2O3S/c1-2-38-27-16-20(15-25(32)29(27)39-19-21-13-14-22(33)18-26(21)34)17-28-30(37)36(24-11-7-4-8-12-24)31(40-28)35-23-9-5-3-6-10-23/h13-18,23-24H,2-12,19H2,1H3. The van der Waals surface area contributed by atoms with Crippen molar-refractivity contribution in [2.45, 2.75) is 89.8 Å². The number of carbonyl (C=O) groups is 1. The fraction of sp³-hybridized carbons (Fsp3) is 0.484. The summed E-state index contributed by atoms with van der Waals surface area (Å²) >= 11 is 17.6. The summed E-state index contributed by atoms with van der Waals surface area (Å²) in [6.45, 7) is 2.68. The van der Waals surface area contributed by atoms with E-state index in [4.69, 9.17) is 37.7 Å². The molecular formula is C31H35BrCl2N2O3S. The molecule has 1 saturated heterocycles. The number of thioether (sulfide) groups is 1. The quantitative estimate of drug-likeness (QED) is 0.264. The molecule has 0 unspecified atom stereocenters. The number of hydrogen-bond donors (Lipinski definition) is 0. The molecule has 1 amide bonds. The number of amides is 1. The Morgan fingerprint density at radius 2 is 1.75 bits per heavy atom. The van der Waals surface area contributed by atoms with Crippen LogP contribution in [0.5, 0.6) is 11.5 Å². The van der Waals surface area contributed by atoms with Gasteiger partial charge < -0.3 is 9.47 Å². The first-order chi connectivity index (χ1) is 19.4. The van der Waals surface area contributed by atoms with Crippen molar-refractivity contribution in [2.24, 2.45) is 4.99 Å². The van der Waals surface area contributed by atoms with Crippen molar-refractivity contribution in [3.05, 3.63) is 60.9 Å². The van der Waals surface area contributed by atoms with E-state index in [1.165, 1.54) is 50.3 Å². The minimum absolute atomic E-state index is 0.0678. The van der Waals surface area contributed by atoms with Gasteiger partial charge in [0.25, 0.3) is 5.91 Å². The van der Waals surface area contributed by atoms with Crippen molar-refractivity contribution in [1.82, 2.24) is 4.90 Å². The molecular weight excluding hydrogens is 631 g/mol. The van der Waals surface area contributed by atoms with Gasteiger partial charge in [-0.3, -0.25) is 14.7 Å². The first-order valence-electron chi connectivity index (χ1n) is 14.3. The van der Waals surface area contributed by atoms with Crippen LogP contribution in [0, 0.1) is 0 Å². The number of amidine groups is 1. The van der Waals surface area contributed by atoms with Gasteiger partial charge in [-0.15, -0.1) is 0 Å². The molecule has 0 radical (unpaired) electrons. The molecule has 40 heavy (non-hydrogen) atoms. The van der Waals surface area contributed by atoms with Crippen molar-refractivity contribution in [2.75, 3.05) is 6.61 Å². The topological polar surface area (TPSA) is 51.1 Å². The second kappa shape index (κ2) is 14.0. The lowest BCUT2D eigenvalue weighted by Crippen LogP contribution is -2.41. The van der Waals surface area contributed by atoms with Gasteiger partial charge in [-0.2, -0.15) is 0 Å². The highest BCUT2D eigenvalue weighted by Crippen LogP contribution is 2.42. The van der Waals surface area contributed by atoms with Gasteiger partial charge >= 0.3 is 0 Å². The highest BCUT2D eigenvalue weighted by molar-refractivity contribution is 9.10. The van der Waals surface area contributed by atoms with E-state index in [9.17, 15) is 4.79 Å². The van der Waals surface area contributed by atoms with E-state index < -0.39 is 0 Å². The monoisotopic (exact) mass is 664 g/mol. The molecule has 1 heterocycles. The lowest BCUT2D eigenvalue weighted by molar-refractivity contribution is -0.124. The number of hydrogen-bond acceptors (Lipinski definition) is 5. The van der Waals surface area contributed by atoms with Gasteiger partial charge in [-0.1, -0.05) is 67.8 Å². The fourth-order valence-corrected chi connectivity index (χ4v) is 7.77. The minimum Gasteiger partial charge on any atom is -0.490 e. The summed E-state index contributed by atoms with van der Waals surface area (Å²) in [4.78, 5) is 21.7. The third kappa shape index (κ3) is 7.21. The Bertz CT molecular complexity index is 1290. The number of nitrogens with zero attached hydrogens (tertiary/aromatic N) is 2. The van der Waals surface area contributed by atoms with Crippen molar-refractivity contribution in [3.8, 4) is 11.5 Å². The predicted octanol–water partition coefficient (Wildman–Crippen LogP) is 9.67. The van der Waals surface area contributed by atoms with Crippen LogP contribution in [0.4, 0.5) is 0 Å². The van der Waals surface area contributed by atoms with Crippen LogP contribution in [0.1, 0.15) is 82.3 Å². The van der Waals surface area contributed by atoms with E-state index in [1.807, 2.05) is 36.1 Å². The Hall–Kier alpha value is -1.67. The first-order valence-corrected chi connectivity index (χ1v) is 16.6. The number of ether oxygens (including phenoxy) is 2. The zero-order chi connectivity index (χ0) is 28.1. The summed E-state index contributed by atoms with van der Waals surface area (Å²) in [5.41, 5.74) is 1.69. The zero-order valence-corrected chi connectivity index (χ0v) is 26.7. The molecule has 2 saturated carbocycles. The Morgan fingerprint density at radius 3 is 2.45 bits per heavy atom. The van der Waals surface area contributed by atoms with E-state index in [2.05, 4.69) is 15.9 Å². The molecule has 5 nitrogen and oxygen atoms in total. The molecule has 5 rings (SSSR count). The van der Waals surface area contributed by atoms with Crippen molar-refractivity contribution in [3.63, 3.8) is 0 Å². The molecule has 0 aromatic heterocycles. The number of rotatable bonds is 8. The maximum absolute atomic E-state index is 13.8. The maximum atomic E-state index is 13.8. The van der Waals surface area contributed by atoms with Gasteiger partial charge in [-0.25, -0.2) is 0 Å². The Balaban J connectivity index is 1.41. The SMILES string of the molecule is CCOc1cc(C=C2SC(=NC3CCCCC3)N(C3CCCCC3)C2=O)cc(Br)c1OCc1ccc(Cl)cc1Cl. The average Bonchev–Trinajstić information content (AvgIpc) is 3.24. The van der Waals surface area contributed by atoms with Crippen molar-refractivity contribution < 1.29 is 14.3 Å². The van der Waals surface area contributed by atoms with Gasteiger partial charge in [-0.05, 0) is 96.2 Å². The molecule has 2 aromatic rings. The summed E-state index contributed by atoms with van der Waals surface area (Å²) in [5, 5.41) is 2.02. The van der Waals surface area contributed by atoms with Crippen LogP contribution >= 0.6 is 50.9 Å². The number of carbonyl (C=O) groups excluding carboxylic acids is 1. The molecule has 9 heteroatoms. The van der Waals surface area contributed by atoms with Crippen LogP contribution in [-0.2, 0) is 11.4 Å². The highest BCUT2D eigenvalue weighted by atomic mass is 79.9. The number of halogens is 3. The van der Waals surface area contributed by atoms with Crippen LogP contribution in [0.3, 0.4) is 0 Å². The Labute approximate surface area is 259 Å².